The van der Waals surface area contributed by atoms with E-state index >= 15 is 0 Å². The van der Waals surface area contributed by atoms with E-state index in [2.05, 4.69) is 18.9 Å². The van der Waals surface area contributed by atoms with E-state index in [0.29, 0.717) is 19.6 Å². The van der Waals surface area contributed by atoms with Gasteiger partial charge in [-0.3, -0.25) is 4.90 Å². The van der Waals surface area contributed by atoms with Gasteiger partial charge in [-0.25, -0.2) is 0 Å². The van der Waals surface area contributed by atoms with Crippen LogP contribution in [0.2, 0.25) is 0 Å². The highest BCUT2D eigenvalue weighted by molar-refractivity contribution is 5.45. The minimum absolute atomic E-state index is 0.125. The van der Waals surface area contributed by atoms with E-state index in [1.54, 1.807) is 0 Å². The van der Waals surface area contributed by atoms with Gasteiger partial charge in [-0.05, 0) is 31.7 Å². The predicted molar refractivity (Wildman–Crippen MR) is 58.5 cm³/mol. The van der Waals surface area contributed by atoms with Crippen molar-refractivity contribution in [3.05, 3.63) is 23.8 Å². The summed E-state index contributed by atoms with van der Waals surface area (Å²) in [6.45, 7) is 3.17. The van der Waals surface area contributed by atoms with Crippen molar-refractivity contribution in [2.24, 2.45) is 0 Å². The van der Waals surface area contributed by atoms with E-state index in [4.69, 9.17) is 14.2 Å². The monoisotopic (exact) mass is 221 g/mol. The first-order valence-electron chi connectivity index (χ1n) is 5.47. The SMILES string of the molecule is CC1C(c2ccc3c(c2)OCO3)OCN1C. The van der Waals surface area contributed by atoms with Crippen LogP contribution in [-0.2, 0) is 4.74 Å². The van der Waals surface area contributed by atoms with Crippen molar-refractivity contribution in [1.29, 1.82) is 0 Å². The Morgan fingerprint density at radius 2 is 2.06 bits per heavy atom. The van der Waals surface area contributed by atoms with Crippen LogP contribution in [0.25, 0.3) is 0 Å². The van der Waals surface area contributed by atoms with Crippen molar-refractivity contribution in [2.75, 3.05) is 20.6 Å². The second-order valence-electron chi connectivity index (χ2n) is 4.33. The van der Waals surface area contributed by atoms with Crippen LogP contribution in [-0.4, -0.2) is 31.5 Å². The minimum Gasteiger partial charge on any atom is -0.454 e. The van der Waals surface area contributed by atoms with Gasteiger partial charge < -0.3 is 14.2 Å². The lowest BCUT2D eigenvalue weighted by atomic mass is 10.0. The maximum atomic E-state index is 5.75. The molecule has 0 aliphatic carbocycles. The highest BCUT2D eigenvalue weighted by Crippen LogP contribution is 2.37. The number of hydrogen-bond acceptors (Lipinski definition) is 4. The Morgan fingerprint density at radius 1 is 1.25 bits per heavy atom. The summed E-state index contributed by atoms with van der Waals surface area (Å²) >= 11 is 0. The molecule has 4 nitrogen and oxygen atoms in total. The maximum absolute atomic E-state index is 5.75. The van der Waals surface area contributed by atoms with E-state index in [9.17, 15) is 0 Å². The Morgan fingerprint density at radius 3 is 2.81 bits per heavy atom. The Kier molecular flexibility index (Phi) is 2.26. The molecule has 2 aliphatic heterocycles. The summed E-state index contributed by atoms with van der Waals surface area (Å²) in [5.41, 5.74) is 1.15. The van der Waals surface area contributed by atoms with Crippen LogP contribution in [0, 0.1) is 0 Å². The number of nitrogens with zero attached hydrogens (tertiary/aromatic N) is 1. The number of ether oxygens (including phenoxy) is 3. The third-order valence-corrected chi connectivity index (χ3v) is 3.32. The van der Waals surface area contributed by atoms with E-state index < -0.39 is 0 Å². The van der Waals surface area contributed by atoms with Crippen molar-refractivity contribution in [3.8, 4) is 11.5 Å². The normalized spacial score (nSPS) is 28.6. The fraction of sp³-hybridized carbons (Fsp3) is 0.500. The zero-order valence-corrected chi connectivity index (χ0v) is 9.47. The Hall–Kier alpha value is -1.26. The van der Waals surface area contributed by atoms with Crippen molar-refractivity contribution < 1.29 is 14.2 Å². The number of fused-ring (bicyclic) bond motifs is 1. The zero-order chi connectivity index (χ0) is 11.1. The highest BCUT2D eigenvalue weighted by Gasteiger charge is 2.31. The predicted octanol–water partition coefficient (Wildman–Crippen LogP) is 1.76. The van der Waals surface area contributed by atoms with Crippen LogP contribution >= 0.6 is 0 Å². The number of likely N-dealkylation sites (N-methyl/N-ethyl adjacent to an activating group) is 1. The molecule has 0 spiro atoms. The first-order valence-corrected chi connectivity index (χ1v) is 5.47. The lowest BCUT2D eigenvalue weighted by Gasteiger charge is -2.18. The molecule has 1 fully saturated rings. The molecule has 0 saturated carbocycles. The van der Waals surface area contributed by atoms with Gasteiger partial charge in [0.1, 0.15) is 0 Å². The van der Waals surface area contributed by atoms with E-state index in [-0.39, 0.29) is 6.10 Å². The molecule has 2 unspecified atom stereocenters. The molecule has 2 aliphatic rings. The summed E-state index contributed by atoms with van der Waals surface area (Å²) < 4.78 is 16.4. The molecule has 0 radical (unpaired) electrons. The highest BCUT2D eigenvalue weighted by atomic mass is 16.7. The standard InChI is InChI=1S/C12H15NO3/c1-8-12(14-6-13(8)2)9-3-4-10-11(5-9)16-7-15-10/h3-5,8,12H,6-7H2,1-2H3. The molecule has 3 rings (SSSR count). The van der Waals surface area contributed by atoms with Crippen LogP contribution in [0.4, 0.5) is 0 Å². The molecule has 86 valence electrons. The first-order chi connectivity index (χ1) is 7.75. The van der Waals surface area contributed by atoms with Gasteiger partial charge in [0.15, 0.2) is 11.5 Å². The van der Waals surface area contributed by atoms with Crippen LogP contribution in [0.5, 0.6) is 11.5 Å². The summed E-state index contributed by atoms with van der Waals surface area (Å²) in [4.78, 5) is 2.19. The van der Waals surface area contributed by atoms with Gasteiger partial charge in [-0.2, -0.15) is 0 Å². The molecule has 1 aromatic carbocycles. The Labute approximate surface area is 94.7 Å². The van der Waals surface area contributed by atoms with Gasteiger partial charge in [0.05, 0.1) is 12.8 Å². The minimum atomic E-state index is 0.125. The quantitative estimate of drug-likeness (QED) is 0.723. The average Bonchev–Trinajstić information content (AvgIpc) is 2.86. The molecular weight excluding hydrogens is 206 g/mol. The van der Waals surface area contributed by atoms with Gasteiger partial charge in [-0.15, -0.1) is 0 Å². The maximum Gasteiger partial charge on any atom is 0.231 e. The first kappa shape index (κ1) is 9.93. The lowest BCUT2D eigenvalue weighted by molar-refractivity contribution is 0.0932. The van der Waals surface area contributed by atoms with Crippen LogP contribution < -0.4 is 9.47 Å². The van der Waals surface area contributed by atoms with Crippen LogP contribution in [0.15, 0.2) is 18.2 Å². The van der Waals surface area contributed by atoms with Gasteiger partial charge in [-0.1, -0.05) is 6.07 Å². The van der Waals surface area contributed by atoms with E-state index in [1.807, 2.05) is 18.2 Å². The molecule has 0 amide bonds. The molecule has 0 bridgehead atoms. The fourth-order valence-electron chi connectivity index (χ4n) is 2.15. The molecule has 2 atom stereocenters. The third kappa shape index (κ3) is 1.45. The Balaban J connectivity index is 1.90. The molecule has 1 aromatic rings. The summed E-state index contributed by atoms with van der Waals surface area (Å²) in [6, 6.07) is 6.41. The topological polar surface area (TPSA) is 30.9 Å². The van der Waals surface area contributed by atoms with Gasteiger partial charge in [0.25, 0.3) is 0 Å². The molecule has 4 heteroatoms. The fourth-order valence-corrected chi connectivity index (χ4v) is 2.15. The average molecular weight is 221 g/mol. The van der Waals surface area contributed by atoms with Gasteiger partial charge in [0.2, 0.25) is 6.79 Å². The molecule has 0 aromatic heterocycles. The number of hydrogen-bond donors (Lipinski definition) is 0. The second-order valence-corrected chi connectivity index (χ2v) is 4.33. The van der Waals surface area contributed by atoms with Crippen molar-refractivity contribution >= 4 is 0 Å². The van der Waals surface area contributed by atoms with Crippen molar-refractivity contribution in [2.45, 2.75) is 19.1 Å². The summed E-state index contributed by atoms with van der Waals surface area (Å²) in [7, 11) is 2.07. The lowest BCUT2D eigenvalue weighted by Crippen LogP contribution is -2.24. The largest absolute Gasteiger partial charge is 0.454 e. The molecular formula is C12H15NO3. The number of rotatable bonds is 1. The number of benzene rings is 1. The van der Waals surface area contributed by atoms with Crippen molar-refractivity contribution in [3.63, 3.8) is 0 Å². The summed E-state index contributed by atoms with van der Waals surface area (Å²) in [5.74, 6) is 1.64. The smallest absolute Gasteiger partial charge is 0.231 e. The van der Waals surface area contributed by atoms with E-state index in [1.165, 1.54) is 0 Å². The van der Waals surface area contributed by atoms with Gasteiger partial charge in [0, 0.05) is 6.04 Å². The second kappa shape index (κ2) is 3.64. The summed E-state index contributed by atoms with van der Waals surface area (Å²) in [6.07, 6.45) is 0.125. The molecule has 1 saturated heterocycles. The Bertz CT molecular complexity index is 407. The van der Waals surface area contributed by atoms with Crippen LogP contribution in [0.3, 0.4) is 0 Å². The van der Waals surface area contributed by atoms with E-state index in [0.717, 1.165) is 17.1 Å². The van der Waals surface area contributed by atoms with Gasteiger partial charge >= 0.3 is 0 Å². The summed E-state index contributed by atoms with van der Waals surface area (Å²) in [5, 5.41) is 0. The molecule has 16 heavy (non-hydrogen) atoms. The van der Waals surface area contributed by atoms with Crippen LogP contribution in [0.1, 0.15) is 18.6 Å². The zero-order valence-electron chi connectivity index (χ0n) is 9.47. The molecule has 2 heterocycles. The van der Waals surface area contributed by atoms with Crippen molar-refractivity contribution in [1.82, 2.24) is 4.90 Å². The third-order valence-electron chi connectivity index (χ3n) is 3.32. The molecule has 0 N–H and O–H groups in total.